The summed E-state index contributed by atoms with van der Waals surface area (Å²) in [5, 5.41) is 3.73. The molecule has 3 heteroatoms. The van der Waals surface area contributed by atoms with Gasteiger partial charge in [-0.25, -0.2) is 0 Å². The van der Waals surface area contributed by atoms with Crippen molar-refractivity contribution in [2.75, 3.05) is 19.8 Å². The SMILES string of the molecule is Cc1cccnc1[C@H]1CC[C@H](CCNC2CCOCC2)CC1. The van der Waals surface area contributed by atoms with Gasteiger partial charge in [0, 0.05) is 37.1 Å². The largest absolute Gasteiger partial charge is 0.381 e. The second-order valence-electron chi connectivity index (χ2n) is 7.05. The van der Waals surface area contributed by atoms with Gasteiger partial charge in [0.15, 0.2) is 0 Å². The van der Waals surface area contributed by atoms with Gasteiger partial charge < -0.3 is 10.1 Å². The number of nitrogens with zero attached hydrogens (tertiary/aromatic N) is 1. The Hall–Kier alpha value is -0.930. The third kappa shape index (κ3) is 4.30. The van der Waals surface area contributed by atoms with Crippen LogP contribution in [-0.4, -0.2) is 30.8 Å². The Morgan fingerprint density at radius 2 is 1.91 bits per heavy atom. The van der Waals surface area contributed by atoms with E-state index in [2.05, 4.69) is 23.3 Å². The first kappa shape index (κ1) is 15.9. The van der Waals surface area contributed by atoms with Gasteiger partial charge in [-0.15, -0.1) is 0 Å². The van der Waals surface area contributed by atoms with E-state index in [1.807, 2.05) is 12.3 Å². The fourth-order valence-corrected chi connectivity index (χ4v) is 4.04. The number of aryl methyl sites for hydroxylation is 1. The highest BCUT2D eigenvalue weighted by molar-refractivity contribution is 5.21. The van der Waals surface area contributed by atoms with Gasteiger partial charge in [-0.2, -0.15) is 0 Å². The molecule has 2 fully saturated rings. The maximum atomic E-state index is 5.41. The van der Waals surface area contributed by atoms with E-state index in [4.69, 9.17) is 4.74 Å². The Balaban J connectivity index is 1.37. The minimum Gasteiger partial charge on any atom is -0.381 e. The molecular formula is C19H30N2O. The molecule has 3 nitrogen and oxygen atoms in total. The van der Waals surface area contributed by atoms with Gasteiger partial charge in [0.1, 0.15) is 0 Å². The van der Waals surface area contributed by atoms with E-state index in [1.165, 1.54) is 62.7 Å². The lowest BCUT2D eigenvalue weighted by Crippen LogP contribution is -2.36. The monoisotopic (exact) mass is 302 g/mol. The molecule has 1 aliphatic carbocycles. The first-order chi connectivity index (χ1) is 10.8. The lowest BCUT2D eigenvalue weighted by molar-refractivity contribution is 0.0775. The minimum absolute atomic E-state index is 0.695. The lowest BCUT2D eigenvalue weighted by atomic mass is 9.78. The third-order valence-corrected chi connectivity index (χ3v) is 5.49. The molecule has 0 atom stereocenters. The van der Waals surface area contributed by atoms with Crippen LogP contribution in [0.1, 0.15) is 62.1 Å². The number of aromatic nitrogens is 1. The van der Waals surface area contributed by atoms with Crippen molar-refractivity contribution in [3.63, 3.8) is 0 Å². The van der Waals surface area contributed by atoms with Crippen molar-refractivity contribution in [2.45, 2.75) is 63.8 Å². The summed E-state index contributed by atoms with van der Waals surface area (Å²) in [5.74, 6) is 1.61. The van der Waals surface area contributed by atoms with Gasteiger partial charge in [-0.3, -0.25) is 4.98 Å². The second-order valence-corrected chi connectivity index (χ2v) is 7.05. The smallest absolute Gasteiger partial charge is 0.0480 e. The van der Waals surface area contributed by atoms with Crippen LogP contribution in [0.5, 0.6) is 0 Å². The molecule has 22 heavy (non-hydrogen) atoms. The molecule has 1 saturated carbocycles. The first-order valence-corrected chi connectivity index (χ1v) is 9.05. The molecule has 1 saturated heterocycles. The van der Waals surface area contributed by atoms with Crippen molar-refractivity contribution < 1.29 is 4.74 Å². The summed E-state index contributed by atoms with van der Waals surface area (Å²) in [5.41, 5.74) is 2.72. The third-order valence-electron chi connectivity index (χ3n) is 5.49. The van der Waals surface area contributed by atoms with Crippen LogP contribution in [0.15, 0.2) is 18.3 Å². The van der Waals surface area contributed by atoms with Crippen LogP contribution in [0.2, 0.25) is 0 Å². The summed E-state index contributed by atoms with van der Waals surface area (Å²) >= 11 is 0. The van der Waals surface area contributed by atoms with E-state index in [-0.39, 0.29) is 0 Å². The van der Waals surface area contributed by atoms with Gasteiger partial charge in [0.05, 0.1) is 0 Å². The molecule has 0 aromatic carbocycles. The summed E-state index contributed by atoms with van der Waals surface area (Å²) in [6.45, 7) is 5.26. The number of nitrogens with one attached hydrogen (secondary N) is 1. The highest BCUT2D eigenvalue weighted by Crippen LogP contribution is 2.37. The highest BCUT2D eigenvalue weighted by Gasteiger charge is 2.24. The fourth-order valence-electron chi connectivity index (χ4n) is 4.04. The van der Waals surface area contributed by atoms with Crippen LogP contribution in [0.25, 0.3) is 0 Å². The Morgan fingerprint density at radius 1 is 1.14 bits per heavy atom. The number of ether oxygens (including phenoxy) is 1. The van der Waals surface area contributed by atoms with Crippen molar-refractivity contribution in [3.8, 4) is 0 Å². The fraction of sp³-hybridized carbons (Fsp3) is 0.737. The molecule has 0 spiro atoms. The first-order valence-electron chi connectivity index (χ1n) is 9.05. The van der Waals surface area contributed by atoms with E-state index in [0.29, 0.717) is 12.0 Å². The molecular weight excluding hydrogens is 272 g/mol. The van der Waals surface area contributed by atoms with Crippen LogP contribution >= 0.6 is 0 Å². The molecule has 0 amide bonds. The molecule has 2 aliphatic rings. The summed E-state index contributed by atoms with van der Waals surface area (Å²) in [4.78, 5) is 4.63. The van der Waals surface area contributed by atoms with Crippen molar-refractivity contribution in [1.29, 1.82) is 0 Å². The van der Waals surface area contributed by atoms with Gasteiger partial charge in [-0.05, 0) is 76.0 Å². The second kappa shape index (κ2) is 8.07. The van der Waals surface area contributed by atoms with Crippen LogP contribution in [0.4, 0.5) is 0 Å². The molecule has 1 aromatic heterocycles. The molecule has 2 heterocycles. The number of rotatable bonds is 5. The van der Waals surface area contributed by atoms with Gasteiger partial charge >= 0.3 is 0 Å². The van der Waals surface area contributed by atoms with Crippen molar-refractivity contribution >= 4 is 0 Å². The van der Waals surface area contributed by atoms with Crippen molar-refractivity contribution in [3.05, 3.63) is 29.6 Å². The predicted molar refractivity (Wildman–Crippen MR) is 90.1 cm³/mol. The Labute approximate surface area is 134 Å². The number of pyridine rings is 1. The maximum absolute atomic E-state index is 5.41. The van der Waals surface area contributed by atoms with Crippen molar-refractivity contribution in [2.24, 2.45) is 5.92 Å². The molecule has 1 aliphatic heterocycles. The zero-order valence-electron chi connectivity index (χ0n) is 13.9. The van der Waals surface area contributed by atoms with E-state index < -0.39 is 0 Å². The lowest BCUT2D eigenvalue weighted by Gasteiger charge is -2.30. The predicted octanol–water partition coefficient (Wildman–Crippen LogP) is 3.82. The normalized spacial score (nSPS) is 27.0. The molecule has 122 valence electrons. The number of hydrogen-bond acceptors (Lipinski definition) is 3. The van der Waals surface area contributed by atoms with Gasteiger partial charge in [0.25, 0.3) is 0 Å². The average Bonchev–Trinajstić information content (AvgIpc) is 2.57. The van der Waals surface area contributed by atoms with Gasteiger partial charge in [-0.1, -0.05) is 6.07 Å². The Bertz CT molecular complexity index is 449. The van der Waals surface area contributed by atoms with E-state index in [9.17, 15) is 0 Å². The molecule has 1 aromatic rings. The summed E-state index contributed by atoms with van der Waals surface area (Å²) < 4.78 is 5.41. The summed E-state index contributed by atoms with van der Waals surface area (Å²) in [6, 6.07) is 4.94. The van der Waals surface area contributed by atoms with Crippen LogP contribution < -0.4 is 5.32 Å². The maximum Gasteiger partial charge on any atom is 0.0480 e. The standard InChI is InChI=1S/C19H30N2O/c1-15-3-2-11-21-19(15)17-6-4-16(5-7-17)8-12-20-18-9-13-22-14-10-18/h2-3,11,16-18,20H,4-10,12-14H2,1H3/t16-,17-. The molecule has 0 bridgehead atoms. The molecule has 1 N–H and O–H groups in total. The zero-order chi connectivity index (χ0) is 15.2. The van der Waals surface area contributed by atoms with Crippen molar-refractivity contribution in [1.82, 2.24) is 10.3 Å². The highest BCUT2D eigenvalue weighted by atomic mass is 16.5. The average molecular weight is 302 g/mol. The van der Waals surface area contributed by atoms with Gasteiger partial charge in [0.2, 0.25) is 0 Å². The van der Waals surface area contributed by atoms with E-state index >= 15 is 0 Å². The molecule has 0 unspecified atom stereocenters. The topological polar surface area (TPSA) is 34.2 Å². The zero-order valence-corrected chi connectivity index (χ0v) is 13.9. The molecule has 3 rings (SSSR count). The minimum atomic E-state index is 0.695. The molecule has 0 radical (unpaired) electrons. The number of hydrogen-bond donors (Lipinski definition) is 1. The van der Waals surface area contributed by atoms with E-state index in [1.54, 1.807) is 0 Å². The van der Waals surface area contributed by atoms with Crippen LogP contribution in [-0.2, 0) is 4.74 Å². The van der Waals surface area contributed by atoms with Crippen LogP contribution in [0.3, 0.4) is 0 Å². The van der Waals surface area contributed by atoms with E-state index in [0.717, 1.165) is 19.1 Å². The van der Waals surface area contributed by atoms with Crippen LogP contribution in [0, 0.1) is 12.8 Å². The Morgan fingerprint density at radius 3 is 2.64 bits per heavy atom. The summed E-state index contributed by atoms with van der Waals surface area (Å²) in [6.07, 6.45) is 11.0. The Kier molecular flexibility index (Phi) is 5.85. The summed E-state index contributed by atoms with van der Waals surface area (Å²) in [7, 11) is 0. The quantitative estimate of drug-likeness (QED) is 0.898.